The Morgan fingerprint density at radius 2 is 1.80 bits per heavy atom. The fraction of sp³-hybridized carbons (Fsp3) is 0.267. The molecule has 0 radical (unpaired) electrons. The standard InChI is InChI=1S/C30H29BrFN3O4S/c1-3-38-26-17-21(16-25(31)28(26)39-19-20-4-6-22(32)7-5-20)18-27-29(36)34(2)30(40-27)33-23-8-10-24(11-9-23)35-12-14-37-15-13-35/h4-11,16-18H,3,12-15,19H2,1-2H3/b27-18-,33-30?. The second-order valence-electron chi connectivity index (χ2n) is 9.16. The van der Waals surface area contributed by atoms with E-state index in [9.17, 15) is 9.18 Å². The molecular formula is C30H29BrFN3O4S. The van der Waals surface area contributed by atoms with Gasteiger partial charge >= 0.3 is 0 Å². The Morgan fingerprint density at radius 3 is 2.50 bits per heavy atom. The summed E-state index contributed by atoms with van der Waals surface area (Å²) in [6.07, 6.45) is 1.82. The highest BCUT2D eigenvalue weighted by molar-refractivity contribution is 9.10. The van der Waals surface area contributed by atoms with Gasteiger partial charge in [-0.1, -0.05) is 12.1 Å². The predicted molar refractivity (Wildman–Crippen MR) is 161 cm³/mol. The molecular weight excluding hydrogens is 597 g/mol. The van der Waals surface area contributed by atoms with Crippen molar-refractivity contribution in [3.8, 4) is 11.5 Å². The molecule has 2 aliphatic rings. The number of benzene rings is 3. The van der Waals surface area contributed by atoms with E-state index in [2.05, 4.69) is 33.0 Å². The summed E-state index contributed by atoms with van der Waals surface area (Å²) < 4.78 is 31.2. The molecule has 0 aliphatic carbocycles. The molecule has 40 heavy (non-hydrogen) atoms. The topological polar surface area (TPSA) is 63.6 Å². The van der Waals surface area contributed by atoms with Crippen LogP contribution in [0.1, 0.15) is 18.1 Å². The smallest absolute Gasteiger partial charge is 0.266 e. The van der Waals surface area contributed by atoms with E-state index in [1.807, 2.05) is 37.3 Å². The normalized spacial score (nSPS) is 17.6. The number of halogens is 2. The minimum atomic E-state index is -0.294. The van der Waals surface area contributed by atoms with E-state index in [0.717, 1.165) is 48.8 Å². The summed E-state index contributed by atoms with van der Waals surface area (Å²) >= 11 is 4.92. The van der Waals surface area contributed by atoms with Crippen molar-refractivity contribution in [3.05, 3.63) is 87.0 Å². The first-order valence-electron chi connectivity index (χ1n) is 12.9. The zero-order valence-corrected chi connectivity index (χ0v) is 24.6. The number of amides is 1. The third-order valence-electron chi connectivity index (χ3n) is 6.38. The van der Waals surface area contributed by atoms with Crippen LogP contribution < -0.4 is 14.4 Å². The largest absolute Gasteiger partial charge is 0.490 e. The van der Waals surface area contributed by atoms with Crippen molar-refractivity contribution in [2.24, 2.45) is 4.99 Å². The quantitative estimate of drug-likeness (QED) is 0.262. The molecule has 0 aromatic heterocycles. The number of amidine groups is 1. The predicted octanol–water partition coefficient (Wildman–Crippen LogP) is 6.64. The van der Waals surface area contributed by atoms with Crippen LogP contribution in [0.5, 0.6) is 11.5 Å². The molecule has 0 unspecified atom stereocenters. The third kappa shape index (κ3) is 6.68. The molecule has 0 bridgehead atoms. The van der Waals surface area contributed by atoms with Crippen molar-refractivity contribution in [2.75, 3.05) is 44.9 Å². The van der Waals surface area contributed by atoms with E-state index in [0.29, 0.717) is 32.7 Å². The summed E-state index contributed by atoms with van der Waals surface area (Å²) in [6.45, 7) is 5.80. The zero-order valence-electron chi connectivity index (χ0n) is 22.2. The maximum absolute atomic E-state index is 13.2. The molecule has 5 rings (SSSR count). The third-order valence-corrected chi connectivity index (χ3v) is 8.03. The van der Waals surface area contributed by atoms with Crippen LogP contribution >= 0.6 is 27.7 Å². The number of carbonyl (C=O) groups is 1. The molecule has 10 heteroatoms. The van der Waals surface area contributed by atoms with Gasteiger partial charge in [0.1, 0.15) is 12.4 Å². The van der Waals surface area contributed by atoms with Gasteiger partial charge in [0.2, 0.25) is 0 Å². The first kappa shape index (κ1) is 28.2. The second-order valence-corrected chi connectivity index (χ2v) is 11.0. The summed E-state index contributed by atoms with van der Waals surface area (Å²) in [5, 5.41) is 0.610. The van der Waals surface area contributed by atoms with E-state index in [4.69, 9.17) is 19.2 Å². The van der Waals surface area contributed by atoms with Gasteiger partial charge in [-0.15, -0.1) is 0 Å². The molecule has 0 N–H and O–H groups in total. The van der Waals surface area contributed by atoms with Gasteiger partial charge in [0.25, 0.3) is 5.91 Å². The molecule has 0 saturated carbocycles. The Bertz CT molecular complexity index is 1420. The van der Waals surface area contributed by atoms with Gasteiger partial charge in [-0.05, 0) is 100 Å². The molecule has 3 aromatic rings. The lowest BCUT2D eigenvalue weighted by Gasteiger charge is -2.28. The number of nitrogens with zero attached hydrogens (tertiary/aromatic N) is 3. The summed E-state index contributed by atoms with van der Waals surface area (Å²) in [6, 6.07) is 17.9. The van der Waals surface area contributed by atoms with Crippen LogP contribution in [0.25, 0.3) is 6.08 Å². The molecule has 2 saturated heterocycles. The summed E-state index contributed by atoms with van der Waals surface area (Å²) in [5.41, 5.74) is 3.53. The minimum Gasteiger partial charge on any atom is -0.490 e. The van der Waals surface area contributed by atoms with Gasteiger partial charge in [0.15, 0.2) is 16.7 Å². The monoisotopic (exact) mass is 625 g/mol. The highest BCUT2D eigenvalue weighted by Crippen LogP contribution is 2.40. The number of morpholine rings is 1. The van der Waals surface area contributed by atoms with Gasteiger partial charge in [0, 0.05) is 25.8 Å². The lowest BCUT2D eigenvalue weighted by molar-refractivity contribution is -0.121. The Balaban J connectivity index is 1.33. The van der Waals surface area contributed by atoms with Crippen molar-refractivity contribution in [1.29, 1.82) is 0 Å². The number of carbonyl (C=O) groups excluding carboxylic acids is 1. The fourth-order valence-electron chi connectivity index (χ4n) is 4.28. The van der Waals surface area contributed by atoms with Crippen molar-refractivity contribution in [3.63, 3.8) is 0 Å². The molecule has 7 nitrogen and oxygen atoms in total. The van der Waals surface area contributed by atoms with Crippen molar-refractivity contribution in [1.82, 2.24) is 4.90 Å². The average molecular weight is 627 g/mol. The molecule has 0 atom stereocenters. The Kier molecular flexibility index (Phi) is 9.08. The van der Waals surface area contributed by atoms with Crippen LogP contribution in [0.3, 0.4) is 0 Å². The highest BCUT2D eigenvalue weighted by Gasteiger charge is 2.30. The first-order valence-corrected chi connectivity index (χ1v) is 14.5. The number of hydrogen-bond acceptors (Lipinski definition) is 7. The van der Waals surface area contributed by atoms with Gasteiger partial charge in [-0.2, -0.15) is 0 Å². The van der Waals surface area contributed by atoms with Gasteiger partial charge in [-0.25, -0.2) is 9.38 Å². The van der Waals surface area contributed by atoms with Crippen molar-refractivity contribution in [2.45, 2.75) is 13.5 Å². The number of hydrogen-bond donors (Lipinski definition) is 0. The molecule has 1 amide bonds. The van der Waals surface area contributed by atoms with E-state index < -0.39 is 0 Å². The molecule has 2 aliphatic heterocycles. The van der Waals surface area contributed by atoms with Gasteiger partial charge in [0.05, 0.1) is 34.9 Å². The SMILES string of the molecule is CCOc1cc(/C=C2\SC(=Nc3ccc(N4CCOCC4)cc3)N(C)C2=O)cc(Br)c1OCc1ccc(F)cc1. The molecule has 208 valence electrons. The van der Waals surface area contributed by atoms with Crippen molar-refractivity contribution >= 4 is 56.2 Å². The molecule has 3 aromatic carbocycles. The van der Waals surface area contributed by atoms with Crippen LogP contribution in [0, 0.1) is 5.82 Å². The highest BCUT2D eigenvalue weighted by atomic mass is 79.9. The molecule has 2 fully saturated rings. The first-order chi connectivity index (χ1) is 19.4. The Morgan fingerprint density at radius 1 is 1.07 bits per heavy atom. The maximum atomic E-state index is 13.2. The fourth-order valence-corrected chi connectivity index (χ4v) is 5.84. The summed E-state index contributed by atoms with van der Waals surface area (Å²) in [5.74, 6) is 0.666. The van der Waals surface area contributed by atoms with E-state index in [1.165, 1.54) is 23.9 Å². The van der Waals surface area contributed by atoms with Gasteiger partial charge in [-0.3, -0.25) is 9.69 Å². The average Bonchev–Trinajstić information content (AvgIpc) is 3.22. The maximum Gasteiger partial charge on any atom is 0.266 e. The van der Waals surface area contributed by atoms with E-state index >= 15 is 0 Å². The van der Waals surface area contributed by atoms with Crippen LogP contribution in [0.2, 0.25) is 0 Å². The minimum absolute atomic E-state index is 0.126. The Hall–Kier alpha value is -3.34. The lowest BCUT2D eigenvalue weighted by Crippen LogP contribution is -2.36. The zero-order chi connectivity index (χ0) is 28.1. The number of aliphatic imine (C=N–C) groups is 1. The van der Waals surface area contributed by atoms with Crippen LogP contribution in [0.4, 0.5) is 15.8 Å². The second kappa shape index (κ2) is 12.9. The van der Waals surface area contributed by atoms with Crippen molar-refractivity contribution < 1.29 is 23.4 Å². The van der Waals surface area contributed by atoms with Crippen LogP contribution in [-0.4, -0.2) is 55.9 Å². The molecule has 2 heterocycles. The number of ether oxygens (including phenoxy) is 3. The number of likely N-dealkylation sites (N-methyl/N-ethyl adjacent to an activating group) is 1. The number of rotatable bonds is 8. The molecule has 0 spiro atoms. The van der Waals surface area contributed by atoms with Crippen LogP contribution in [-0.2, 0) is 16.1 Å². The number of thioether (sulfide) groups is 1. The van der Waals surface area contributed by atoms with E-state index in [1.54, 1.807) is 24.1 Å². The van der Waals surface area contributed by atoms with E-state index in [-0.39, 0.29) is 18.3 Å². The number of anilines is 1. The summed E-state index contributed by atoms with van der Waals surface area (Å²) in [7, 11) is 1.73. The Labute approximate surface area is 245 Å². The lowest BCUT2D eigenvalue weighted by atomic mass is 10.1. The van der Waals surface area contributed by atoms with Gasteiger partial charge < -0.3 is 19.1 Å². The summed E-state index contributed by atoms with van der Waals surface area (Å²) in [4.78, 5) is 22.2. The van der Waals surface area contributed by atoms with Crippen LogP contribution in [0.15, 0.2) is 75.0 Å².